The van der Waals surface area contributed by atoms with Crippen molar-refractivity contribution in [3.63, 3.8) is 0 Å². The standard InChI is InChI=1S/C18H24N2O2/c1-19-12-15(16-5-3-4-6-17(16)19)11-18(21)20-9-7-14(8-10-20)13-22-2/h3-6,12,14H,7-11,13H2,1-2H3. The van der Waals surface area contributed by atoms with Gasteiger partial charge in [-0.1, -0.05) is 18.2 Å². The zero-order valence-corrected chi connectivity index (χ0v) is 13.4. The lowest BCUT2D eigenvalue weighted by Crippen LogP contribution is -2.40. The van der Waals surface area contributed by atoms with Crippen LogP contribution >= 0.6 is 0 Å². The zero-order valence-electron chi connectivity index (χ0n) is 13.4. The Balaban J connectivity index is 1.67. The van der Waals surface area contributed by atoms with Gasteiger partial charge in [-0.25, -0.2) is 0 Å². The monoisotopic (exact) mass is 300 g/mol. The van der Waals surface area contributed by atoms with Gasteiger partial charge in [0.2, 0.25) is 5.91 Å². The van der Waals surface area contributed by atoms with Gasteiger partial charge in [0.15, 0.2) is 0 Å². The molecule has 2 heterocycles. The summed E-state index contributed by atoms with van der Waals surface area (Å²) in [5, 5.41) is 1.19. The third-order valence-electron chi connectivity index (χ3n) is 4.69. The fourth-order valence-electron chi connectivity index (χ4n) is 3.43. The maximum absolute atomic E-state index is 12.6. The van der Waals surface area contributed by atoms with Gasteiger partial charge in [0, 0.05) is 51.0 Å². The van der Waals surface area contributed by atoms with Crippen LogP contribution in [0.4, 0.5) is 0 Å². The molecule has 0 saturated carbocycles. The lowest BCUT2D eigenvalue weighted by atomic mass is 9.97. The molecule has 1 aliphatic rings. The van der Waals surface area contributed by atoms with E-state index in [1.54, 1.807) is 7.11 Å². The van der Waals surface area contributed by atoms with Gasteiger partial charge in [0.1, 0.15) is 0 Å². The van der Waals surface area contributed by atoms with E-state index in [-0.39, 0.29) is 5.91 Å². The molecule has 0 spiro atoms. The van der Waals surface area contributed by atoms with E-state index >= 15 is 0 Å². The summed E-state index contributed by atoms with van der Waals surface area (Å²) in [6.45, 7) is 2.53. The number of nitrogens with zero attached hydrogens (tertiary/aromatic N) is 2. The summed E-state index contributed by atoms with van der Waals surface area (Å²) in [5.74, 6) is 0.846. The Hall–Kier alpha value is -1.81. The number of methoxy groups -OCH3 is 1. The number of fused-ring (bicyclic) bond motifs is 1. The van der Waals surface area contributed by atoms with Gasteiger partial charge in [-0.05, 0) is 30.4 Å². The van der Waals surface area contributed by atoms with E-state index in [1.807, 2.05) is 24.1 Å². The minimum atomic E-state index is 0.243. The largest absolute Gasteiger partial charge is 0.384 e. The number of hydrogen-bond donors (Lipinski definition) is 0. The van der Waals surface area contributed by atoms with E-state index < -0.39 is 0 Å². The molecule has 1 amide bonds. The van der Waals surface area contributed by atoms with Crippen LogP contribution in [0.5, 0.6) is 0 Å². The van der Waals surface area contributed by atoms with Gasteiger partial charge < -0.3 is 14.2 Å². The Kier molecular flexibility index (Phi) is 4.48. The molecule has 118 valence electrons. The van der Waals surface area contributed by atoms with Crippen molar-refractivity contribution in [1.82, 2.24) is 9.47 Å². The third-order valence-corrected chi connectivity index (χ3v) is 4.69. The number of carbonyl (C=O) groups excluding carboxylic acids is 1. The maximum Gasteiger partial charge on any atom is 0.227 e. The molecule has 2 aromatic rings. The predicted octanol–water partition coefficient (Wildman–Crippen LogP) is 2.61. The van der Waals surface area contributed by atoms with E-state index in [0.717, 1.165) is 38.1 Å². The first-order chi connectivity index (χ1) is 10.7. The van der Waals surface area contributed by atoms with E-state index in [1.165, 1.54) is 10.9 Å². The summed E-state index contributed by atoms with van der Waals surface area (Å²) in [7, 11) is 3.78. The first-order valence-electron chi connectivity index (χ1n) is 7.98. The van der Waals surface area contributed by atoms with Crippen LogP contribution in [-0.4, -0.2) is 42.2 Å². The van der Waals surface area contributed by atoms with Crippen LogP contribution in [-0.2, 0) is 23.0 Å². The van der Waals surface area contributed by atoms with Gasteiger partial charge in [0.05, 0.1) is 6.42 Å². The van der Waals surface area contributed by atoms with Crippen molar-refractivity contribution in [3.05, 3.63) is 36.0 Å². The normalized spacial score (nSPS) is 16.4. The molecule has 0 unspecified atom stereocenters. The highest BCUT2D eigenvalue weighted by Gasteiger charge is 2.23. The molecule has 1 saturated heterocycles. The van der Waals surface area contributed by atoms with E-state index in [0.29, 0.717) is 12.3 Å². The fourth-order valence-corrected chi connectivity index (χ4v) is 3.43. The highest BCUT2D eigenvalue weighted by Crippen LogP contribution is 2.23. The number of piperidine rings is 1. The molecule has 22 heavy (non-hydrogen) atoms. The number of ether oxygens (including phenoxy) is 1. The van der Waals surface area contributed by atoms with Crippen LogP contribution < -0.4 is 0 Å². The molecule has 0 bridgehead atoms. The molecule has 0 radical (unpaired) electrons. The second-order valence-electron chi connectivity index (χ2n) is 6.24. The molecule has 1 aromatic carbocycles. The molecule has 0 atom stereocenters. The second kappa shape index (κ2) is 6.53. The number of hydrogen-bond acceptors (Lipinski definition) is 2. The van der Waals surface area contributed by atoms with Gasteiger partial charge in [-0.15, -0.1) is 0 Å². The Bertz CT molecular complexity index is 654. The first kappa shape index (κ1) is 15.1. The molecule has 1 aliphatic heterocycles. The van der Waals surface area contributed by atoms with Crippen molar-refractivity contribution in [2.45, 2.75) is 19.3 Å². The Morgan fingerprint density at radius 1 is 1.27 bits per heavy atom. The van der Waals surface area contributed by atoms with Gasteiger partial charge in [-0.2, -0.15) is 0 Å². The number of aromatic nitrogens is 1. The van der Waals surface area contributed by atoms with Gasteiger partial charge >= 0.3 is 0 Å². The average Bonchev–Trinajstić information content (AvgIpc) is 2.85. The van der Waals surface area contributed by atoms with E-state index in [4.69, 9.17) is 4.74 Å². The van der Waals surface area contributed by atoms with Crippen LogP contribution in [0.1, 0.15) is 18.4 Å². The van der Waals surface area contributed by atoms with Crippen LogP contribution in [0, 0.1) is 5.92 Å². The molecule has 0 N–H and O–H groups in total. The summed E-state index contributed by atoms with van der Waals surface area (Å²) in [5.41, 5.74) is 2.31. The summed E-state index contributed by atoms with van der Waals surface area (Å²) in [4.78, 5) is 14.6. The minimum absolute atomic E-state index is 0.243. The lowest BCUT2D eigenvalue weighted by molar-refractivity contribution is -0.132. The zero-order chi connectivity index (χ0) is 15.5. The molecule has 1 aromatic heterocycles. The highest BCUT2D eigenvalue weighted by molar-refractivity contribution is 5.89. The average molecular weight is 300 g/mol. The van der Waals surface area contributed by atoms with Crippen LogP contribution in [0.3, 0.4) is 0 Å². The summed E-state index contributed by atoms with van der Waals surface area (Å²) in [6.07, 6.45) is 4.68. The van der Waals surface area contributed by atoms with Gasteiger partial charge in [0.25, 0.3) is 0 Å². The molecular weight excluding hydrogens is 276 g/mol. The van der Waals surface area contributed by atoms with Gasteiger partial charge in [-0.3, -0.25) is 4.79 Å². The quantitative estimate of drug-likeness (QED) is 0.870. The Labute approximate surface area is 131 Å². The summed E-state index contributed by atoms with van der Waals surface area (Å²) < 4.78 is 7.32. The lowest BCUT2D eigenvalue weighted by Gasteiger charge is -2.31. The molecule has 4 nitrogen and oxygen atoms in total. The Morgan fingerprint density at radius 3 is 2.73 bits per heavy atom. The van der Waals surface area contributed by atoms with Crippen molar-refractivity contribution < 1.29 is 9.53 Å². The van der Waals surface area contributed by atoms with Crippen molar-refractivity contribution in [2.24, 2.45) is 13.0 Å². The molecule has 3 rings (SSSR count). The predicted molar refractivity (Wildman–Crippen MR) is 87.8 cm³/mol. The summed E-state index contributed by atoms with van der Waals surface area (Å²) in [6, 6.07) is 8.27. The van der Waals surface area contributed by atoms with Crippen LogP contribution in [0.25, 0.3) is 10.9 Å². The van der Waals surface area contributed by atoms with Crippen molar-refractivity contribution in [2.75, 3.05) is 26.8 Å². The van der Waals surface area contributed by atoms with E-state index in [9.17, 15) is 4.79 Å². The van der Waals surface area contributed by atoms with Crippen molar-refractivity contribution in [1.29, 1.82) is 0 Å². The fraction of sp³-hybridized carbons (Fsp3) is 0.500. The smallest absolute Gasteiger partial charge is 0.227 e. The van der Waals surface area contributed by atoms with Crippen LogP contribution in [0.15, 0.2) is 30.5 Å². The Morgan fingerprint density at radius 2 is 2.00 bits per heavy atom. The van der Waals surface area contributed by atoms with E-state index in [2.05, 4.69) is 22.9 Å². The second-order valence-corrected chi connectivity index (χ2v) is 6.24. The summed E-state index contributed by atoms with van der Waals surface area (Å²) >= 11 is 0. The number of likely N-dealkylation sites (tertiary alicyclic amines) is 1. The van der Waals surface area contributed by atoms with Crippen LogP contribution in [0.2, 0.25) is 0 Å². The first-order valence-corrected chi connectivity index (χ1v) is 7.98. The van der Waals surface area contributed by atoms with Crippen molar-refractivity contribution in [3.8, 4) is 0 Å². The number of rotatable bonds is 4. The minimum Gasteiger partial charge on any atom is -0.384 e. The van der Waals surface area contributed by atoms with Crippen molar-refractivity contribution >= 4 is 16.8 Å². The highest BCUT2D eigenvalue weighted by atomic mass is 16.5. The number of aryl methyl sites for hydroxylation is 1. The molecule has 0 aliphatic carbocycles. The number of benzene rings is 1. The molecule has 1 fully saturated rings. The third kappa shape index (κ3) is 3.02. The molecule has 4 heteroatoms. The SMILES string of the molecule is COCC1CCN(C(=O)Cc2cn(C)c3ccccc23)CC1. The number of para-hydroxylation sites is 1. The topological polar surface area (TPSA) is 34.5 Å². The maximum atomic E-state index is 12.6. The molecular formula is C18H24N2O2. The number of carbonyl (C=O) groups is 1. The number of amides is 1.